The molecule has 1 aliphatic heterocycles. The molecular formula is C13H20N2OS. The van der Waals surface area contributed by atoms with Gasteiger partial charge in [-0.1, -0.05) is 6.07 Å². The van der Waals surface area contributed by atoms with Crippen molar-refractivity contribution >= 4 is 17.2 Å². The summed E-state index contributed by atoms with van der Waals surface area (Å²) >= 11 is 1.76. The van der Waals surface area contributed by atoms with Crippen LogP contribution in [0.15, 0.2) is 17.5 Å². The van der Waals surface area contributed by atoms with Crippen LogP contribution in [0.2, 0.25) is 0 Å². The fraction of sp³-hybridized carbons (Fsp3) is 0.615. The van der Waals surface area contributed by atoms with Crippen molar-refractivity contribution in [2.24, 2.45) is 0 Å². The van der Waals surface area contributed by atoms with E-state index in [1.165, 1.54) is 4.88 Å². The van der Waals surface area contributed by atoms with Crippen LogP contribution in [0.4, 0.5) is 0 Å². The molecule has 2 unspecified atom stereocenters. The minimum Gasteiger partial charge on any atom is -0.341 e. The maximum Gasteiger partial charge on any atom is 0.239 e. The lowest BCUT2D eigenvalue weighted by Crippen LogP contribution is -2.46. The lowest BCUT2D eigenvalue weighted by molar-refractivity contribution is -0.133. The minimum absolute atomic E-state index is 0.0470. The first kappa shape index (κ1) is 12.6. The monoisotopic (exact) mass is 252 g/mol. The van der Waals surface area contributed by atoms with Crippen molar-refractivity contribution in [1.29, 1.82) is 0 Å². The third-order valence-electron chi connectivity index (χ3n) is 3.44. The molecule has 1 aliphatic rings. The van der Waals surface area contributed by atoms with Crippen molar-refractivity contribution < 1.29 is 4.79 Å². The SMILES string of the molecule is CC(Cc1cccs1)N(C)C(=O)C1CCCN1. The summed E-state index contributed by atoms with van der Waals surface area (Å²) in [5, 5.41) is 5.35. The number of nitrogens with one attached hydrogen (secondary N) is 1. The average molecular weight is 252 g/mol. The second-order valence-corrected chi connectivity index (χ2v) is 5.76. The van der Waals surface area contributed by atoms with Crippen molar-refractivity contribution in [1.82, 2.24) is 10.2 Å². The molecule has 1 fully saturated rings. The van der Waals surface area contributed by atoms with Crippen molar-refractivity contribution in [3.63, 3.8) is 0 Å². The number of carbonyl (C=O) groups is 1. The van der Waals surface area contributed by atoms with E-state index >= 15 is 0 Å². The molecule has 1 N–H and O–H groups in total. The number of likely N-dealkylation sites (N-methyl/N-ethyl adjacent to an activating group) is 1. The first-order chi connectivity index (χ1) is 8.18. The van der Waals surface area contributed by atoms with Gasteiger partial charge in [-0.2, -0.15) is 0 Å². The summed E-state index contributed by atoms with van der Waals surface area (Å²) in [4.78, 5) is 15.4. The lowest BCUT2D eigenvalue weighted by atomic mass is 10.1. The van der Waals surface area contributed by atoms with E-state index in [9.17, 15) is 4.79 Å². The molecule has 1 aromatic rings. The van der Waals surface area contributed by atoms with E-state index in [2.05, 4.69) is 29.8 Å². The Hall–Kier alpha value is -0.870. The summed E-state index contributed by atoms with van der Waals surface area (Å²) in [6.07, 6.45) is 3.05. The maximum absolute atomic E-state index is 12.2. The van der Waals surface area contributed by atoms with Crippen LogP contribution in [0.1, 0.15) is 24.6 Å². The number of hydrogen-bond donors (Lipinski definition) is 1. The Kier molecular flexibility index (Phi) is 4.18. The van der Waals surface area contributed by atoms with Crippen molar-refractivity contribution in [3.8, 4) is 0 Å². The maximum atomic E-state index is 12.2. The highest BCUT2D eigenvalue weighted by Gasteiger charge is 2.27. The topological polar surface area (TPSA) is 32.3 Å². The second kappa shape index (κ2) is 5.65. The largest absolute Gasteiger partial charge is 0.341 e. The van der Waals surface area contributed by atoms with E-state index in [0.717, 1.165) is 25.8 Å². The number of carbonyl (C=O) groups excluding carboxylic acids is 1. The molecule has 0 spiro atoms. The van der Waals surface area contributed by atoms with Crippen LogP contribution in [-0.4, -0.2) is 36.5 Å². The predicted molar refractivity (Wildman–Crippen MR) is 71.3 cm³/mol. The van der Waals surface area contributed by atoms with Gasteiger partial charge in [0, 0.05) is 24.4 Å². The Bertz CT molecular complexity index is 358. The van der Waals surface area contributed by atoms with Gasteiger partial charge in [-0.25, -0.2) is 0 Å². The van der Waals surface area contributed by atoms with E-state index in [-0.39, 0.29) is 18.0 Å². The molecular weight excluding hydrogens is 232 g/mol. The highest BCUT2D eigenvalue weighted by atomic mass is 32.1. The Morgan fingerprint density at radius 1 is 1.71 bits per heavy atom. The molecule has 94 valence electrons. The molecule has 0 aromatic carbocycles. The van der Waals surface area contributed by atoms with Crippen LogP contribution >= 0.6 is 11.3 Å². The summed E-state index contributed by atoms with van der Waals surface area (Å²) in [6, 6.07) is 4.51. The van der Waals surface area contributed by atoms with Crippen LogP contribution in [0, 0.1) is 0 Å². The molecule has 1 saturated heterocycles. The number of nitrogens with zero attached hydrogens (tertiary/aromatic N) is 1. The molecule has 0 radical (unpaired) electrons. The molecule has 1 amide bonds. The number of amides is 1. The van der Waals surface area contributed by atoms with E-state index in [0.29, 0.717) is 0 Å². The number of rotatable bonds is 4. The lowest BCUT2D eigenvalue weighted by Gasteiger charge is -2.27. The fourth-order valence-electron chi connectivity index (χ4n) is 2.22. The molecule has 0 bridgehead atoms. The van der Waals surface area contributed by atoms with Crippen LogP contribution in [0.5, 0.6) is 0 Å². The molecule has 2 rings (SSSR count). The van der Waals surface area contributed by atoms with Crippen LogP contribution < -0.4 is 5.32 Å². The van der Waals surface area contributed by atoms with Gasteiger partial charge in [0.25, 0.3) is 0 Å². The van der Waals surface area contributed by atoms with Gasteiger partial charge in [0.1, 0.15) is 0 Å². The van der Waals surface area contributed by atoms with Gasteiger partial charge in [0.2, 0.25) is 5.91 Å². The van der Waals surface area contributed by atoms with Gasteiger partial charge >= 0.3 is 0 Å². The zero-order valence-corrected chi connectivity index (χ0v) is 11.3. The third-order valence-corrected chi connectivity index (χ3v) is 4.34. The third kappa shape index (κ3) is 3.07. The summed E-state index contributed by atoms with van der Waals surface area (Å²) in [5.41, 5.74) is 0. The summed E-state index contributed by atoms with van der Waals surface area (Å²) in [6.45, 7) is 3.09. The minimum atomic E-state index is 0.0470. The van der Waals surface area contributed by atoms with Gasteiger partial charge in [-0.05, 0) is 37.8 Å². The average Bonchev–Trinajstić information content (AvgIpc) is 2.99. The Morgan fingerprint density at radius 3 is 3.12 bits per heavy atom. The standard InChI is InChI=1S/C13H20N2OS/c1-10(9-11-5-4-8-17-11)15(2)13(16)12-6-3-7-14-12/h4-5,8,10,12,14H,3,6-7,9H2,1-2H3. The fourth-order valence-corrected chi connectivity index (χ4v) is 3.04. The van der Waals surface area contributed by atoms with Gasteiger partial charge in [0.05, 0.1) is 6.04 Å². The van der Waals surface area contributed by atoms with Gasteiger partial charge in [-0.15, -0.1) is 11.3 Å². The van der Waals surface area contributed by atoms with Crippen molar-refractivity contribution in [2.45, 2.75) is 38.3 Å². The smallest absolute Gasteiger partial charge is 0.239 e. The van der Waals surface area contributed by atoms with E-state index in [1.54, 1.807) is 11.3 Å². The zero-order valence-electron chi connectivity index (χ0n) is 10.5. The molecule has 0 saturated carbocycles. The summed E-state index contributed by atoms with van der Waals surface area (Å²) < 4.78 is 0. The number of thiophene rings is 1. The molecule has 1 aromatic heterocycles. The Morgan fingerprint density at radius 2 is 2.53 bits per heavy atom. The molecule has 0 aliphatic carbocycles. The van der Waals surface area contributed by atoms with E-state index in [1.807, 2.05) is 11.9 Å². The highest BCUT2D eigenvalue weighted by molar-refractivity contribution is 7.09. The van der Waals surface area contributed by atoms with Gasteiger partial charge in [-0.3, -0.25) is 4.79 Å². The molecule has 3 nitrogen and oxygen atoms in total. The van der Waals surface area contributed by atoms with Crippen molar-refractivity contribution in [3.05, 3.63) is 22.4 Å². The van der Waals surface area contributed by atoms with Gasteiger partial charge < -0.3 is 10.2 Å². The first-order valence-corrected chi connectivity index (χ1v) is 7.09. The zero-order chi connectivity index (χ0) is 12.3. The number of hydrogen-bond acceptors (Lipinski definition) is 3. The van der Waals surface area contributed by atoms with Crippen LogP contribution in [0.25, 0.3) is 0 Å². The molecule has 2 heterocycles. The predicted octanol–water partition coefficient (Wildman–Crippen LogP) is 1.89. The molecule has 2 atom stereocenters. The van der Waals surface area contributed by atoms with E-state index < -0.39 is 0 Å². The Balaban J connectivity index is 1.89. The first-order valence-electron chi connectivity index (χ1n) is 6.21. The van der Waals surface area contributed by atoms with Gasteiger partial charge in [0.15, 0.2) is 0 Å². The van der Waals surface area contributed by atoms with Crippen LogP contribution in [0.3, 0.4) is 0 Å². The van der Waals surface area contributed by atoms with E-state index in [4.69, 9.17) is 0 Å². The second-order valence-electron chi connectivity index (χ2n) is 4.73. The Labute approximate surface area is 107 Å². The van der Waals surface area contributed by atoms with Crippen molar-refractivity contribution in [2.75, 3.05) is 13.6 Å². The van der Waals surface area contributed by atoms with Crippen LogP contribution in [-0.2, 0) is 11.2 Å². The highest BCUT2D eigenvalue weighted by Crippen LogP contribution is 2.15. The summed E-state index contributed by atoms with van der Waals surface area (Å²) in [5.74, 6) is 0.242. The normalized spacial score (nSPS) is 21.4. The quantitative estimate of drug-likeness (QED) is 0.887. The molecule has 17 heavy (non-hydrogen) atoms. The molecule has 4 heteroatoms. The summed E-state index contributed by atoms with van der Waals surface area (Å²) in [7, 11) is 1.92.